The molecule has 1 amide bonds. The first-order valence-corrected chi connectivity index (χ1v) is 12.2. The number of nitrogens with zero attached hydrogens (tertiary/aromatic N) is 3. The zero-order chi connectivity index (χ0) is 26.5. The summed E-state index contributed by atoms with van der Waals surface area (Å²) >= 11 is 0. The Morgan fingerprint density at radius 2 is 1.74 bits per heavy atom. The standard InChI is InChI=1S/C29H25F2N5O2/c30-29(31,22-9-5-2-6-10-22)13-11-25-28(38)36(26(18-33-25)20-7-3-1-4-8-20)19-27(37)34-17-23-15-21-16-32-14-12-24(21)35-23/h1-10,12,14-16,18,35H,11,13,17,19H2,(H,34,37). The normalized spacial score (nSPS) is 11.5. The van der Waals surface area contributed by atoms with E-state index in [1.54, 1.807) is 42.7 Å². The molecule has 192 valence electrons. The van der Waals surface area contributed by atoms with Crippen molar-refractivity contribution in [2.24, 2.45) is 0 Å². The number of benzene rings is 2. The predicted octanol–water partition coefficient (Wildman–Crippen LogP) is 4.83. The number of H-pyrrole nitrogens is 1. The number of amides is 1. The summed E-state index contributed by atoms with van der Waals surface area (Å²) in [6, 6.07) is 20.3. The molecule has 2 aromatic carbocycles. The van der Waals surface area contributed by atoms with E-state index >= 15 is 0 Å². The van der Waals surface area contributed by atoms with Gasteiger partial charge in [0.05, 0.1) is 18.4 Å². The van der Waals surface area contributed by atoms with Gasteiger partial charge in [-0.1, -0.05) is 60.7 Å². The fourth-order valence-corrected chi connectivity index (χ4v) is 4.32. The Labute approximate surface area is 217 Å². The van der Waals surface area contributed by atoms with E-state index in [1.165, 1.54) is 22.9 Å². The summed E-state index contributed by atoms with van der Waals surface area (Å²) < 4.78 is 30.8. The Balaban J connectivity index is 1.37. The molecule has 0 bridgehead atoms. The third kappa shape index (κ3) is 5.51. The highest BCUT2D eigenvalue weighted by molar-refractivity contribution is 5.80. The van der Waals surface area contributed by atoms with Gasteiger partial charge in [0.1, 0.15) is 12.2 Å². The lowest BCUT2D eigenvalue weighted by Gasteiger charge is -2.17. The highest BCUT2D eigenvalue weighted by atomic mass is 19.3. The van der Waals surface area contributed by atoms with Gasteiger partial charge in [0.25, 0.3) is 11.5 Å². The summed E-state index contributed by atoms with van der Waals surface area (Å²) in [5, 5.41) is 3.74. The third-order valence-electron chi connectivity index (χ3n) is 6.32. The zero-order valence-electron chi connectivity index (χ0n) is 20.4. The molecule has 0 fully saturated rings. The predicted molar refractivity (Wildman–Crippen MR) is 141 cm³/mol. The molecule has 5 aromatic rings. The Morgan fingerprint density at radius 3 is 2.47 bits per heavy atom. The number of carbonyl (C=O) groups is 1. The molecule has 0 saturated carbocycles. The van der Waals surface area contributed by atoms with Gasteiger partial charge >= 0.3 is 0 Å². The molecule has 5 rings (SSSR count). The van der Waals surface area contributed by atoms with E-state index in [9.17, 15) is 18.4 Å². The maximum atomic E-state index is 14.8. The highest BCUT2D eigenvalue weighted by Gasteiger charge is 2.31. The van der Waals surface area contributed by atoms with Gasteiger partial charge in [-0.2, -0.15) is 0 Å². The number of aromatic amines is 1. The van der Waals surface area contributed by atoms with Crippen LogP contribution in [0.2, 0.25) is 0 Å². The monoisotopic (exact) mass is 513 g/mol. The van der Waals surface area contributed by atoms with E-state index in [2.05, 4.69) is 20.3 Å². The van der Waals surface area contributed by atoms with Crippen molar-refractivity contribution in [2.75, 3.05) is 0 Å². The van der Waals surface area contributed by atoms with E-state index < -0.39 is 23.8 Å². The minimum atomic E-state index is -3.12. The van der Waals surface area contributed by atoms with Crippen molar-refractivity contribution >= 4 is 16.8 Å². The Morgan fingerprint density at radius 1 is 1.00 bits per heavy atom. The molecule has 0 unspecified atom stereocenters. The summed E-state index contributed by atoms with van der Waals surface area (Å²) in [6.07, 6.45) is 4.05. The second-order valence-corrected chi connectivity index (χ2v) is 8.95. The average Bonchev–Trinajstić information content (AvgIpc) is 3.36. The minimum absolute atomic E-state index is 0.0174. The van der Waals surface area contributed by atoms with Crippen LogP contribution in [0.5, 0.6) is 0 Å². The molecular formula is C29H25F2N5O2. The molecule has 2 N–H and O–H groups in total. The first kappa shape index (κ1) is 25.0. The van der Waals surface area contributed by atoms with Crippen molar-refractivity contribution in [1.82, 2.24) is 24.8 Å². The number of halogens is 2. The van der Waals surface area contributed by atoms with E-state index in [-0.39, 0.29) is 30.8 Å². The Kier molecular flexibility index (Phi) is 7.08. The number of aryl methyl sites for hydroxylation is 1. The number of alkyl halides is 2. The number of rotatable bonds is 9. The Bertz CT molecular complexity index is 1580. The zero-order valence-corrected chi connectivity index (χ0v) is 20.4. The lowest BCUT2D eigenvalue weighted by Crippen LogP contribution is -2.35. The van der Waals surface area contributed by atoms with Gasteiger partial charge in [-0.25, -0.2) is 8.78 Å². The van der Waals surface area contributed by atoms with E-state index in [4.69, 9.17) is 0 Å². The van der Waals surface area contributed by atoms with E-state index in [0.29, 0.717) is 11.3 Å². The van der Waals surface area contributed by atoms with Crippen molar-refractivity contribution in [3.05, 3.63) is 119 Å². The van der Waals surface area contributed by atoms with Crippen molar-refractivity contribution in [3.63, 3.8) is 0 Å². The van der Waals surface area contributed by atoms with E-state index in [1.807, 2.05) is 30.3 Å². The molecule has 0 aliphatic carbocycles. The maximum Gasteiger partial charge on any atom is 0.273 e. The van der Waals surface area contributed by atoms with Gasteiger partial charge in [-0.05, 0) is 17.7 Å². The summed E-state index contributed by atoms with van der Waals surface area (Å²) in [5.74, 6) is -3.52. The van der Waals surface area contributed by atoms with Crippen LogP contribution in [0.3, 0.4) is 0 Å². The number of aromatic nitrogens is 4. The quantitative estimate of drug-likeness (QED) is 0.295. The first-order chi connectivity index (χ1) is 18.4. The van der Waals surface area contributed by atoms with Gasteiger partial charge in [0.15, 0.2) is 0 Å². The van der Waals surface area contributed by atoms with Crippen molar-refractivity contribution in [3.8, 4) is 11.3 Å². The number of fused-ring (bicyclic) bond motifs is 1. The summed E-state index contributed by atoms with van der Waals surface area (Å²) in [6.45, 7) is -0.0559. The molecule has 3 heterocycles. The van der Waals surface area contributed by atoms with Crippen molar-refractivity contribution in [2.45, 2.75) is 31.9 Å². The summed E-state index contributed by atoms with van der Waals surface area (Å²) in [5.41, 5.74) is 2.11. The van der Waals surface area contributed by atoms with Crippen LogP contribution >= 0.6 is 0 Å². The molecule has 0 aliphatic heterocycles. The van der Waals surface area contributed by atoms with Gasteiger partial charge in [-0.3, -0.25) is 24.1 Å². The number of carbonyl (C=O) groups excluding carboxylic acids is 1. The van der Waals surface area contributed by atoms with Gasteiger partial charge < -0.3 is 10.3 Å². The Hall–Kier alpha value is -4.66. The topological polar surface area (TPSA) is 92.7 Å². The van der Waals surface area contributed by atoms with E-state index in [0.717, 1.165) is 16.6 Å². The van der Waals surface area contributed by atoms with Crippen LogP contribution in [0, 0.1) is 0 Å². The SMILES string of the molecule is O=C(Cn1c(-c2ccccc2)cnc(CCC(F)(F)c2ccccc2)c1=O)NCc1cc2cnccc2[nH]1. The number of hydrogen-bond donors (Lipinski definition) is 2. The molecule has 3 aromatic heterocycles. The van der Waals surface area contributed by atoms with Crippen LogP contribution in [-0.2, 0) is 30.2 Å². The average molecular weight is 514 g/mol. The fourth-order valence-electron chi connectivity index (χ4n) is 4.32. The van der Waals surface area contributed by atoms with Crippen LogP contribution < -0.4 is 10.9 Å². The molecule has 9 heteroatoms. The number of nitrogens with one attached hydrogen (secondary N) is 2. The van der Waals surface area contributed by atoms with Crippen molar-refractivity contribution in [1.29, 1.82) is 0 Å². The highest BCUT2D eigenvalue weighted by Crippen LogP contribution is 2.32. The molecule has 0 saturated heterocycles. The van der Waals surface area contributed by atoms with Gasteiger partial charge in [0, 0.05) is 47.4 Å². The first-order valence-electron chi connectivity index (χ1n) is 12.2. The van der Waals surface area contributed by atoms with Crippen LogP contribution in [0.4, 0.5) is 8.78 Å². The van der Waals surface area contributed by atoms with Crippen LogP contribution in [-0.4, -0.2) is 25.4 Å². The third-order valence-corrected chi connectivity index (χ3v) is 6.32. The van der Waals surface area contributed by atoms with Crippen LogP contribution in [0.15, 0.2) is 96.2 Å². The summed E-state index contributed by atoms with van der Waals surface area (Å²) in [7, 11) is 0. The lowest BCUT2D eigenvalue weighted by molar-refractivity contribution is -0.121. The second-order valence-electron chi connectivity index (χ2n) is 8.95. The second kappa shape index (κ2) is 10.8. The molecule has 0 aliphatic rings. The molecule has 0 atom stereocenters. The molecular weight excluding hydrogens is 488 g/mol. The number of pyridine rings is 1. The smallest absolute Gasteiger partial charge is 0.273 e. The van der Waals surface area contributed by atoms with Gasteiger partial charge in [-0.15, -0.1) is 0 Å². The van der Waals surface area contributed by atoms with Gasteiger partial charge in [0.2, 0.25) is 5.91 Å². The van der Waals surface area contributed by atoms with Crippen LogP contribution in [0.25, 0.3) is 22.2 Å². The summed E-state index contributed by atoms with van der Waals surface area (Å²) in [4.78, 5) is 37.8. The van der Waals surface area contributed by atoms with Crippen molar-refractivity contribution < 1.29 is 13.6 Å². The lowest BCUT2D eigenvalue weighted by atomic mass is 10.0. The molecule has 38 heavy (non-hydrogen) atoms. The van der Waals surface area contributed by atoms with Crippen LogP contribution in [0.1, 0.15) is 23.4 Å². The maximum absolute atomic E-state index is 14.8. The molecule has 0 spiro atoms. The number of hydrogen-bond acceptors (Lipinski definition) is 4. The minimum Gasteiger partial charge on any atom is -0.357 e. The molecule has 7 nitrogen and oxygen atoms in total. The largest absolute Gasteiger partial charge is 0.357 e. The molecule has 0 radical (unpaired) electrons. The fraction of sp³-hybridized carbons (Fsp3) is 0.172.